The van der Waals surface area contributed by atoms with Gasteiger partial charge in [-0.2, -0.15) is 0 Å². The van der Waals surface area contributed by atoms with Crippen LogP contribution in [0.3, 0.4) is 0 Å². The smallest absolute Gasteiger partial charge is 0.315 e. The fourth-order valence-corrected chi connectivity index (χ4v) is 3.15. The fourth-order valence-electron chi connectivity index (χ4n) is 3.15. The van der Waals surface area contributed by atoms with Crippen molar-refractivity contribution in [3.63, 3.8) is 0 Å². The number of hydrogen-bond donors (Lipinski definition) is 3. The summed E-state index contributed by atoms with van der Waals surface area (Å²) >= 11 is 0. The van der Waals surface area contributed by atoms with Crippen LogP contribution in [0.1, 0.15) is 50.5 Å². The van der Waals surface area contributed by atoms with Crippen LogP contribution in [0.15, 0.2) is 24.3 Å². The molecule has 1 aromatic carbocycles. The van der Waals surface area contributed by atoms with Crippen LogP contribution in [0.2, 0.25) is 0 Å². The van der Waals surface area contributed by atoms with E-state index in [9.17, 15) is 9.18 Å². The van der Waals surface area contributed by atoms with E-state index in [2.05, 4.69) is 10.6 Å². The Kier molecular flexibility index (Phi) is 6.19. The van der Waals surface area contributed by atoms with Crippen molar-refractivity contribution in [3.8, 4) is 0 Å². The van der Waals surface area contributed by atoms with Crippen molar-refractivity contribution in [2.75, 3.05) is 6.61 Å². The summed E-state index contributed by atoms with van der Waals surface area (Å²) in [7, 11) is 0. The van der Waals surface area contributed by atoms with Crippen molar-refractivity contribution in [1.82, 2.24) is 10.6 Å². The number of aliphatic hydroxyl groups is 1. The number of benzene rings is 1. The summed E-state index contributed by atoms with van der Waals surface area (Å²) in [4.78, 5) is 12.1. The van der Waals surface area contributed by atoms with E-state index < -0.39 is 0 Å². The molecule has 3 atom stereocenters. The van der Waals surface area contributed by atoms with E-state index in [-0.39, 0.29) is 36.5 Å². The number of nitrogens with one attached hydrogen (secondary N) is 2. The molecule has 4 nitrogen and oxygen atoms in total. The van der Waals surface area contributed by atoms with Gasteiger partial charge in [-0.05, 0) is 50.3 Å². The van der Waals surface area contributed by atoms with Crippen molar-refractivity contribution >= 4 is 6.03 Å². The molecule has 0 aliphatic heterocycles. The van der Waals surface area contributed by atoms with Crippen molar-refractivity contribution in [3.05, 3.63) is 35.6 Å². The summed E-state index contributed by atoms with van der Waals surface area (Å²) in [6.45, 7) is 2.07. The van der Waals surface area contributed by atoms with Crippen LogP contribution in [-0.2, 0) is 0 Å². The molecule has 1 saturated carbocycles. The third-order valence-electron chi connectivity index (χ3n) is 4.30. The number of carbonyl (C=O) groups excluding carboxylic acids is 1. The highest BCUT2D eigenvalue weighted by Gasteiger charge is 2.29. The first-order valence-corrected chi connectivity index (χ1v) is 8.03. The average Bonchev–Trinajstić information content (AvgIpc) is 2.93. The molecule has 2 rings (SSSR count). The van der Waals surface area contributed by atoms with Gasteiger partial charge in [0.15, 0.2) is 0 Å². The Bertz CT molecular complexity index is 478. The van der Waals surface area contributed by atoms with Gasteiger partial charge in [-0.3, -0.25) is 0 Å². The molecule has 1 fully saturated rings. The second-order valence-electron chi connectivity index (χ2n) is 6.08. The second kappa shape index (κ2) is 8.13. The molecule has 0 saturated heterocycles. The summed E-state index contributed by atoms with van der Waals surface area (Å²) in [5.41, 5.74) is 1.08. The van der Waals surface area contributed by atoms with Gasteiger partial charge in [-0.1, -0.05) is 18.6 Å². The van der Waals surface area contributed by atoms with Crippen LogP contribution in [0.5, 0.6) is 0 Å². The normalized spacial score (nSPS) is 22.3. The maximum absolute atomic E-state index is 13.0. The number of halogens is 1. The number of urea groups is 1. The van der Waals surface area contributed by atoms with Crippen LogP contribution in [0, 0.1) is 5.82 Å². The monoisotopic (exact) mass is 308 g/mol. The summed E-state index contributed by atoms with van der Waals surface area (Å²) in [6, 6.07) is 6.53. The minimum absolute atomic E-state index is 0.0397. The number of aliphatic hydroxyl groups excluding tert-OH is 1. The van der Waals surface area contributed by atoms with Crippen molar-refractivity contribution < 1.29 is 14.3 Å². The maximum Gasteiger partial charge on any atom is 0.315 e. The molecule has 0 heterocycles. The third kappa shape index (κ3) is 4.70. The molecule has 0 radical (unpaired) electrons. The Morgan fingerprint density at radius 1 is 1.36 bits per heavy atom. The molecule has 5 heteroatoms. The van der Waals surface area contributed by atoms with Crippen LogP contribution in [-0.4, -0.2) is 29.8 Å². The molecule has 1 aliphatic rings. The van der Waals surface area contributed by atoms with Crippen LogP contribution < -0.4 is 10.6 Å². The van der Waals surface area contributed by atoms with Gasteiger partial charge in [-0.25, -0.2) is 9.18 Å². The van der Waals surface area contributed by atoms with E-state index in [1.165, 1.54) is 12.1 Å². The fraction of sp³-hybridized carbons (Fsp3) is 0.588. The van der Waals surface area contributed by atoms with Crippen LogP contribution in [0.25, 0.3) is 0 Å². The summed E-state index contributed by atoms with van der Waals surface area (Å²) in [5.74, 6) is 0.0146. The zero-order valence-electron chi connectivity index (χ0n) is 13.0. The molecule has 122 valence electrons. The second-order valence-corrected chi connectivity index (χ2v) is 6.08. The summed E-state index contributed by atoms with van der Waals surface area (Å²) in [6.07, 6.45) is 4.46. The topological polar surface area (TPSA) is 61.4 Å². The molecule has 3 N–H and O–H groups in total. The molecule has 0 unspecified atom stereocenters. The first-order chi connectivity index (χ1) is 10.6. The molecule has 0 spiro atoms. The van der Waals surface area contributed by atoms with Gasteiger partial charge in [-0.15, -0.1) is 0 Å². The SMILES string of the molecule is C[C@H](CCCO)NC(=O)N[C@@H]1CCC[C@@H]1c1ccc(F)cc1. The quantitative estimate of drug-likeness (QED) is 0.756. The Hall–Kier alpha value is -1.62. The molecule has 2 amide bonds. The van der Waals surface area contributed by atoms with Gasteiger partial charge >= 0.3 is 6.03 Å². The first kappa shape index (κ1) is 16.7. The van der Waals surface area contributed by atoms with E-state index in [1.807, 2.05) is 19.1 Å². The summed E-state index contributed by atoms with van der Waals surface area (Å²) in [5, 5.41) is 14.7. The standard InChI is InChI=1S/C17H25FN2O2/c1-12(4-3-11-21)19-17(22)20-16-6-2-5-15(16)13-7-9-14(18)10-8-13/h7-10,12,15-16,21H,2-6,11H2,1H3,(H2,19,20,22)/t12-,15-,16-/m1/s1. The number of carbonyl (C=O) groups is 1. The lowest BCUT2D eigenvalue weighted by Gasteiger charge is -2.23. The number of rotatable bonds is 6. The van der Waals surface area contributed by atoms with Crippen molar-refractivity contribution in [1.29, 1.82) is 0 Å². The van der Waals surface area contributed by atoms with E-state index in [0.29, 0.717) is 6.42 Å². The Labute approximate surface area is 131 Å². The molecule has 0 bridgehead atoms. The highest BCUT2D eigenvalue weighted by Crippen LogP contribution is 2.34. The van der Waals surface area contributed by atoms with Gasteiger partial charge in [0, 0.05) is 24.6 Å². The highest BCUT2D eigenvalue weighted by molar-refractivity contribution is 5.74. The summed E-state index contributed by atoms with van der Waals surface area (Å²) < 4.78 is 13.0. The zero-order chi connectivity index (χ0) is 15.9. The van der Waals surface area contributed by atoms with Gasteiger partial charge in [0.25, 0.3) is 0 Å². The lowest BCUT2D eigenvalue weighted by atomic mass is 9.94. The largest absolute Gasteiger partial charge is 0.396 e. The Balaban J connectivity index is 1.88. The molecule has 0 aromatic heterocycles. The predicted octanol–water partition coefficient (Wildman–Crippen LogP) is 2.92. The lowest BCUT2D eigenvalue weighted by Crippen LogP contribution is -2.46. The molecular weight excluding hydrogens is 283 g/mol. The maximum atomic E-state index is 13.0. The minimum atomic E-state index is -0.235. The van der Waals surface area contributed by atoms with Gasteiger partial charge in [0.2, 0.25) is 0 Å². The molecule has 1 aliphatic carbocycles. The van der Waals surface area contributed by atoms with Crippen molar-refractivity contribution in [2.24, 2.45) is 0 Å². The van der Waals surface area contributed by atoms with E-state index in [4.69, 9.17) is 5.11 Å². The number of hydrogen-bond acceptors (Lipinski definition) is 2. The van der Waals surface area contributed by atoms with Crippen molar-refractivity contribution in [2.45, 2.75) is 57.0 Å². The lowest BCUT2D eigenvalue weighted by molar-refractivity contribution is 0.229. The van der Waals surface area contributed by atoms with E-state index in [1.54, 1.807) is 0 Å². The molecule has 22 heavy (non-hydrogen) atoms. The molecule has 1 aromatic rings. The predicted molar refractivity (Wildman–Crippen MR) is 84.2 cm³/mol. The van der Waals surface area contributed by atoms with Crippen LogP contribution in [0.4, 0.5) is 9.18 Å². The van der Waals surface area contributed by atoms with Crippen LogP contribution >= 0.6 is 0 Å². The van der Waals surface area contributed by atoms with Gasteiger partial charge < -0.3 is 15.7 Å². The van der Waals surface area contributed by atoms with E-state index >= 15 is 0 Å². The Morgan fingerprint density at radius 2 is 2.09 bits per heavy atom. The number of amides is 2. The average molecular weight is 308 g/mol. The molecular formula is C17H25FN2O2. The third-order valence-corrected chi connectivity index (χ3v) is 4.30. The minimum Gasteiger partial charge on any atom is -0.396 e. The Morgan fingerprint density at radius 3 is 2.77 bits per heavy atom. The zero-order valence-corrected chi connectivity index (χ0v) is 13.0. The highest BCUT2D eigenvalue weighted by atomic mass is 19.1. The van der Waals surface area contributed by atoms with Gasteiger partial charge in [0.05, 0.1) is 0 Å². The van der Waals surface area contributed by atoms with E-state index in [0.717, 1.165) is 31.2 Å². The first-order valence-electron chi connectivity index (χ1n) is 8.03. The van der Waals surface area contributed by atoms with Gasteiger partial charge in [0.1, 0.15) is 5.82 Å².